The Kier molecular flexibility index (Phi) is 6.31. The van der Waals surface area contributed by atoms with Crippen molar-refractivity contribution >= 4 is 9.84 Å². The molecule has 0 aliphatic heterocycles. The second kappa shape index (κ2) is 7.50. The van der Waals surface area contributed by atoms with Gasteiger partial charge < -0.3 is 10.1 Å². The summed E-state index contributed by atoms with van der Waals surface area (Å²) in [6, 6.07) is 6.55. The lowest BCUT2D eigenvalue weighted by molar-refractivity contribution is 0.414. The fraction of sp³-hybridized carbons (Fsp3) is 0.571. The van der Waals surface area contributed by atoms with Crippen molar-refractivity contribution in [2.24, 2.45) is 0 Å². The molecule has 19 heavy (non-hydrogen) atoms. The smallest absolute Gasteiger partial charge is 0.179 e. The summed E-state index contributed by atoms with van der Waals surface area (Å²) >= 11 is 0. The summed E-state index contributed by atoms with van der Waals surface area (Å²) in [6.45, 7) is 4.91. The molecule has 1 unspecified atom stereocenters. The zero-order valence-electron chi connectivity index (χ0n) is 11.8. The minimum Gasteiger partial charge on any atom is -0.497 e. The molecule has 0 aromatic heterocycles. The first-order valence-electron chi connectivity index (χ1n) is 6.63. The van der Waals surface area contributed by atoms with E-state index in [-0.39, 0.29) is 11.8 Å². The average molecular weight is 285 g/mol. The summed E-state index contributed by atoms with van der Waals surface area (Å²) in [5.41, 5.74) is 0. The maximum atomic E-state index is 12.3. The second-order valence-corrected chi connectivity index (χ2v) is 6.55. The third-order valence-electron chi connectivity index (χ3n) is 3.01. The maximum absolute atomic E-state index is 12.3. The Labute approximate surface area is 116 Å². The summed E-state index contributed by atoms with van der Waals surface area (Å²) in [5.74, 6) is 0.797. The normalized spacial score (nSPS) is 13.2. The molecule has 108 valence electrons. The first-order valence-corrected chi connectivity index (χ1v) is 8.29. The maximum Gasteiger partial charge on any atom is 0.179 e. The van der Waals surface area contributed by atoms with E-state index in [1.54, 1.807) is 31.4 Å². The van der Waals surface area contributed by atoms with E-state index in [0.29, 0.717) is 10.6 Å². The monoisotopic (exact) mass is 285 g/mol. The molecule has 0 saturated heterocycles. The highest BCUT2D eigenvalue weighted by atomic mass is 32.2. The van der Waals surface area contributed by atoms with E-state index in [1.165, 1.54) is 0 Å². The fourth-order valence-corrected chi connectivity index (χ4v) is 3.44. The van der Waals surface area contributed by atoms with Gasteiger partial charge in [0, 0.05) is 6.04 Å². The van der Waals surface area contributed by atoms with Gasteiger partial charge in [-0.2, -0.15) is 0 Å². The van der Waals surface area contributed by atoms with Crippen LogP contribution in [0, 0.1) is 0 Å². The molecule has 0 heterocycles. The zero-order valence-corrected chi connectivity index (χ0v) is 12.7. The molecular formula is C14H23NO3S. The molecule has 0 aliphatic rings. The van der Waals surface area contributed by atoms with Crippen LogP contribution >= 0.6 is 0 Å². The van der Waals surface area contributed by atoms with Crippen LogP contribution in [-0.4, -0.2) is 33.9 Å². The van der Waals surface area contributed by atoms with Crippen molar-refractivity contribution in [3.8, 4) is 5.75 Å². The highest BCUT2D eigenvalue weighted by molar-refractivity contribution is 7.91. The van der Waals surface area contributed by atoms with Crippen molar-refractivity contribution < 1.29 is 13.2 Å². The molecule has 0 spiro atoms. The van der Waals surface area contributed by atoms with E-state index in [0.717, 1.165) is 19.4 Å². The van der Waals surface area contributed by atoms with Crippen LogP contribution in [0.4, 0.5) is 0 Å². The van der Waals surface area contributed by atoms with Gasteiger partial charge in [0.15, 0.2) is 9.84 Å². The Morgan fingerprint density at radius 1 is 1.21 bits per heavy atom. The number of benzene rings is 1. The van der Waals surface area contributed by atoms with E-state index in [9.17, 15) is 8.42 Å². The van der Waals surface area contributed by atoms with Crippen LogP contribution in [0.15, 0.2) is 29.2 Å². The first-order chi connectivity index (χ1) is 9.03. The Balaban J connectivity index is 2.78. The van der Waals surface area contributed by atoms with Gasteiger partial charge in [-0.25, -0.2) is 8.42 Å². The number of nitrogens with one attached hydrogen (secondary N) is 1. The minimum absolute atomic E-state index is 0.00653. The van der Waals surface area contributed by atoms with E-state index in [2.05, 4.69) is 12.2 Å². The molecule has 0 radical (unpaired) electrons. The summed E-state index contributed by atoms with van der Waals surface area (Å²) in [6.07, 6.45) is 1.80. The van der Waals surface area contributed by atoms with E-state index in [4.69, 9.17) is 4.74 Å². The standard InChI is InChI=1S/C14H23NO3S/c1-4-10-15-12(5-2)11-19(16,17)14-8-6-13(18-3)7-9-14/h6-9,12,15H,4-5,10-11H2,1-3H3. The van der Waals surface area contributed by atoms with Crippen molar-refractivity contribution in [2.75, 3.05) is 19.4 Å². The second-order valence-electron chi connectivity index (χ2n) is 4.52. The molecule has 1 aromatic carbocycles. The molecule has 0 amide bonds. The third-order valence-corrected chi connectivity index (χ3v) is 4.85. The molecule has 1 N–H and O–H groups in total. The van der Waals surface area contributed by atoms with Crippen LogP contribution in [0.5, 0.6) is 5.75 Å². The van der Waals surface area contributed by atoms with Crippen LogP contribution in [0.2, 0.25) is 0 Å². The lowest BCUT2D eigenvalue weighted by atomic mass is 10.2. The van der Waals surface area contributed by atoms with Gasteiger partial charge in [0.05, 0.1) is 17.8 Å². The highest BCUT2D eigenvalue weighted by Gasteiger charge is 2.19. The van der Waals surface area contributed by atoms with Crippen molar-refractivity contribution in [3.05, 3.63) is 24.3 Å². The Hall–Kier alpha value is -1.07. The van der Waals surface area contributed by atoms with Gasteiger partial charge in [-0.3, -0.25) is 0 Å². The van der Waals surface area contributed by atoms with Gasteiger partial charge in [0.1, 0.15) is 5.75 Å². The zero-order chi connectivity index (χ0) is 14.3. The van der Waals surface area contributed by atoms with Gasteiger partial charge in [-0.15, -0.1) is 0 Å². The summed E-state index contributed by atoms with van der Waals surface area (Å²) in [7, 11) is -1.68. The van der Waals surface area contributed by atoms with Crippen LogP contribution in [0.1, 0.15) is 26.7 Å². The van der Waals surface area contributed by atoms with E-state index < -0.39 is 9.84 Å². The summed E-state index contributed by atoms with van der Waals surface area (Å²) < 4.78 is 29.6. The molecule has 0 saturated carbocycles. The number of ether oxygens (including phenoxy) is 1. The van der Waals surface area contributed by atoms with E-state index in [1.807, 2.05) is 6.92 Å². The number of sulfone groups is 1. The molecule has 0 aliphatic carbocycles. The summed E-state index contributed by atoms with van der Waals surface area (Å²) in [4.78, 5) is 0.352. The van der Waals surface area contributed by atoms with Gasteiger partial charge in [-0.1, -0.05) is 13.8 Å². The molecule has 1 atom stereocenters. The number of methoxy groups -OCH3 is 1. The summed E-state index contributed by atoms with van der Waals surface area (Å²) in [5, 5.41) is 3.26. The predicted octanol–water partition coefficient (Wildman–Crippen LogP) is 2.25. The molecule has 1 aromatic rings. The SMILES string of the molecule is CCCNC(CC)CS(=O)(=O)c1ccc(OC)cc1. The largest absolute Gasteiger partial charge is 0.497 e. The van der Waals surface area contributed by atoms with Crippen LogP contribution in [0.25, 0.3) is 0 Å². The van der Waals surface area contributed by atoms with Gasteiger partial charge in [0.2, 0.25) is 0 Å². The molecular weight excluding hydrogens is 262 g/mol. The molecule has 0 fully saturated rings. The Morgan fingerprint density at radius 2 is 1.84 bits per heavy atom. The molecule has 4 nitrogen and oxygen atoms in total. The van der Waals surface area contributed by atoms with Crippen LogP contribution < -0.4 is 10.1 Å². The predicted molar refractivity (Wildman–Crippen MR) is 77.4 cm³/mol. The van der Waals surface area contributed by atoms with Gasteiger partial charge >= 0.3 is 0 Å². The quantitative estimate of drug-likeness (QED) is 0.796. The third kappa shape index (κ3) is 4.84. The number of rotatable bonds is 8. The van der Waals surface area contributed by atoms with Crippen molar-refractivity contribution in [1.29, 1.82) is 0 Å². The van der Waals surface area contributed by atoms with E-state index >= 15 is 0 Å². The number of hydrogen-bond donors (Lipinski definition) is 1. The first kappa shape index (κ1) is 16.0. The lowest BCUT2D eigenvalue weighted by Crippen LogP contribution is -2.35. The lowest BCUT2D eigenvalue weighted by Gasteiger charge is -2.16. The van der Waals surface area contributed by atoms with Crippen LogP contribution in [-0.2, 0) is 9.84 Å². The number of hydrogen-bond acceptors (Lipinski definition) is 4. The van der Waals surface area contributed by atoms with Crippen LogP contribution in [0.3, 0.4) is 0 Å². The van der Waals surface area contributed by atoms with Gasteiger partial charge in [0.25, 0.3) is 0 Å². The van der Waals surface area contributed by atoms with Gasteiger partial charge in [-0.05, 0) is 43.7 Å². The van der Waals surface area contributed by atoms with Crippen molar-refractivity contribution in [1.82, 2.24) is 5.32 Å². The van der Waals surface area contributed by atoms with Crippen molar-refractivity contribution in [3.63, 3.8) is 0 Å². The Bertz CT molecular complexity index is 468. The minimum atomic E-state index is -3.25. The average Bonchev–Trinajstić information content (AvgIpc) is 2.43. The van der Waals surface area contributed by atoms with Crippen molar-refractivity contribution in [2.45, 2.75) is 37.6 Å². The topological polar surface area (TPSA) is 55.4 Å². The molecule has 5 heteroatoms. The molecule has 0 bridgehead atoms. The highest BCUT2D eigenvalue weighted by Crippen LogP contribution is 2.17. The Morgan fingerprint density at radius 3 is 2.32 bits per heavy atom. The fourth-order valence-electron chi connectivity index (χ4n) is 1.81. The molecule has 1 rings (SSSR count).